The number of carbonyl (C=O) groups excluding carboxylic acids is 1. The number of carbonyl (C=O) groups is 1. The summed E-state index contributed by atoms with van der Waals surface area (Å²) in [5, 5.41) is 38.7. The van der Waals surface area contributed by atoms with Crippen LogP contribution < -0.4 is 5.32 Å². The summed E-state index contributed by atoms with van der Waals surface area (Å²) < 4.78 is 0. The van der Waals surface area contributed by atoms with Gasteiger partial charge in [0, 0.05) is 5.69 Å². The van der Waals surface area contributed by atoms with Gasteiger partial charge in [-0.3, -0.25) is 4.79 Å². The quantitative estimate of drug-likeness (QED) is 0.440. The van der Waals surface area contributed by atoms with Crippen LogP contribution in [-0.4, -0.2) is 51.3 Å². The topological polar surface area (TPSA) is 110 Å². The van der Waals surface area contributed by atoms with E-state index in [4.69, 9.17) is 10.2 Å². The summed E-state index contributed by atoms with van der Waals surface area (Å²) >= 11 is 0. The van der Waals surface area contributed by atoms with Gasteiger partial charge in [0.2, 0.25) is 0 Å². The van der Waals surface area contributed by atoms with Crippen molar-refractivity contribution in [2.24, 2.45) is 0 Å². The molecule has 94 valence electrons. The largest absolute Gasteiger partial charge is 0.394 e. The molecule has 5 N–H and O–H groups in total. The molecule has 0 saturated heterocycles. The van der Waals surface area contributed by atoms with Crippen molar-refractivity contribution in [3.05, 3.63) is 30.3 Å². The Morgan fingerprint density at radius 3 is 2.29 bits per heavy atom. The number of rotatable bonds is 5. The lowest BCUT2D eigenvalue weighted by molar-refractivity contribution is -0.137. The van der Waals surface area contributed by atoms with Gasteiger partial charge in [-0.1, -0.05) is 18.2 Å². The van der Waals surface area contributed by atoms with Gasteiger partial charge >= 0.3 is 0 Å². The van der Waals surface area contributed by atoms with E-state index < -0.39 is 30.8 Å². The molecule has 0 fully saturated rings. The predicted octanol–water partition coefficient (Wildman–Crippen LogP) is -1.30. The first-order valence-electron chi connectivity index (χ1n) is 5.07. The average Bonchev–Trinajstić information content (AvgIpc) is 2.37. The van der Waals surface area contributed by atoms with Crippen LogP contribution in [0.5, 0.6) is 0 Å². The third kappa shape index (κ3) is 3.79. The molecule has 6 nitrogen and oxygen atoms in total. The van der Waals surface area contributed by atoms with Gasteiger partial charge in [-0.25, -0.2) is 0 Å². The minimum absolute atomic E-state index is 0.460. The zero-order chi connectivity index (χ0) is 12.8. The van der Waals surface area contributed by atoms with Crippen molar-refractivity contribution in [1.29, 1.82) is 0 Å². The van der Waals surface area contributed by atoms with E-state index in [-0.39, 0.29) is 0 Å². The SMILES string of the molecule is O=C(Nc1ccccc1)[C@H](O)[C@H](O)[C@H](O)CO. The second-order valence-corrected chi connectivity index (χ2v) is 3.54. The molecule has 0 heterocycles. The van der Waals surface area contributed by atoms with E-state index in [2.05, 4.69) is 5.32 Å². The number of hydrogen-bond donors (Lipinski definition) is 5. The second kappa shape index (κ2) is 6.31. The number of para-hydroxylation sites is 1. The normalized spacial score (nSPS) is 16.0. The summed E-state index contributed by atoms with van der Waals surface area (Å²) in [6.07, 6.45) is -5.10. The van der Waals surface area contributed by atoms with E-state index in [9.17, 15) is 15.0 Å². The lowest BCUT2D eigenvalue weighted by Gasteiger charge is -2.20. The van der Waals surface area contributed by atoms with Gasteiger partial charge in [-0.05, 0) is 12.1 Å². The van der Waals surface area contributed by atoms with Gasteiger partial charge in [0.1, 0.15) is 12.2 Å². The number of benzene rings is 1. The smallest absolute Gasteiger partial charge is 0.256 e. The Morgan fingerprint density at radius 2 is 1.76 bits per heavy atom. The van der Waals surface area contributed by atoms with Crippen molar-refractivity contribution in [2.45, 2.75) is 18.3 Å². The fourth-order valence-corrected chi connectivity index (χ4v) is 1.21. The summed E-state index contributed by atoms with van der Waals surface area (Å²) in [4.78, 5) is 11.5. The fourth-order valence-electron chi connectivity index (χ4n) is 1.21. The van der Waals surface area contributed by atoms with Crippen LogP contribution in [0, 0.1) is 0 Å². The summed E-state index contributed by atoms with van der Waals surface area (Å²) in [5.74, 6) is -0.851. The summed E-state index contributed by atoms with van der Waals surface area (Å²) in [7, 11) is 0. The summed E-state index contributed by atoms with van der Waals surface area (Å²) in [6.45, 7) is -0.739. The minimum Gasteiger partial charge on any atom is -0.394 e. The van der Waals surface area contributed by atoms with Crippen molar-refractivity contribution in [2.75, 3.05) is 11.9 Å². The highest BCUT2D eigenvalue weighted by Crippen LogP contribution is 2.08. The van der Waals surface area contributed by atoms with Gasteiger partial charge < -0.3 is 25.7 Å². The van der Waals surface area contributed by atoms with Gasteiger partial charge in [0.15, 0.2) is 6.10 Å². The fraction of sp³-hybridized carbons (Fsp3) is 0.364. The van der Waals surface area contributed by atoms with E-state index in [1.54, 1.807) is 30.3 Å². The first-order valence-corrected chi connectivity index (χ1v) is 5.07. The average molecular weight is 241 g/mol. The van der Waals surface area contributed by atoms with E-state index in [1.165, 1.54) is 0 Å². The predicted molar refractivity (Wildman–Crippen MR) is 60.2 cm³/mol. The van der Waals surface area contributed by atoms with Crippen LogP contribution in [0.25, 0.3) is 0 Å². The van der Waals surface area contributed by atoms with Gasteiger partial charge in [0.25, 0.3) is 5.91 Å². The van der Waals surface area contributed by atoms with Crippen LogP contribution in [-0.2, 0) is 4.79 Å². The number of amides is 1. The van der Waals surface area contributed by atoms with Crippen molar-refractivity contribution in [3.63, 3.8) is 0 Å². The van der Waals surface area contributed by atoms with Crippen molar-refractivity contribution in [3.8, 4) is 0 Å². The summed E-state index contributed by atoms with van der Waals surface area (Å²) in [6, 6.07) is 8.37. The highest BCUT2D eigenvalue weighted by molar-refractivity contribution is 5.94. The molecule has 0 bridgehead atoms. The Balaban J connectivity index is 2.59. The van der Waals surface area contributed by atoms with Gasteiger partial charge in [0.05, 0.1) is 6.61 Å². The van der Waals surface area contributed by atoms with Crippen molar-refractivity contribution >= 4 is 11.6 Å². The van der Waals surface area contributed by atoms with Gasteiger partial charge in [-0.15, -0.1) is 0 Å². The Kier molecular flexibility index (Phi) is 5.05. The Labute approximate surface area is 98.1 Å². The Morgan fingerprint density at radius 1 is 1.18 bits per heavy atom. The lowest BCUT2D eigenvalue weighted by Crippen LogP contribution is -2.46. The molecule has 0 aliphatic carbocycles. The van der Waals surface area contributed by atoms with E-state index >= 15 is 0 Å². The van der Waals surface area contributed by atoms with Crippen LogP contribution in [0.2, 0.25) is 0 Å². The molecule has 3 atom stereocenters. The van der Waals surface area contributed by atoms with Crippen LogP contribution in [0.15, 0.2) is 30.3 Å². The number of hydrogen-bond acceptors (Lipinski definition) is 5. The molecule has 0 aliphatic heterocycles. The van der Waals surface area contributed by atoms with Crippen LogP contribution in [0.1, 0.15) is 0 Å². The zero-order valence-corrected chi connectivity index (χ0v) is 9.02. The molecule has 1 amide bonds. The third-order valence-electron chi connectivity index (χ3n) is 2.21. The number of nitrogens with one attached hydrogen (secondary N) is 1. The Hall–Kier alpha value is -1.47. The van der Waals surface area contributed by atoms with Crippen LogP contribution in [0.3, 0.4) is 0 Å². The molecule has 6 heteroatoms. The molecule has 17 heavy (non-hydrogen) atoms. The molecule has 1 aromatic carbocycles. The van der Waals surface area contributed by atoms with Gasteiger partial charge in [-0.2, -0.15) is 0 Å². The van der Waals surface area contributed by atoms with E-state index in [0.29, 0.717) is 5.69 Å². The first-order chi connectivity index (χ1) is 8.06. The van der Waals surface area contributed by atoms with Crippen LogP contribution >= 0.6 is 0 Å². The van der Waals surface area contributed by atoms with Crippen LogP contribution in [0.4, 0.5) is 5.69 Å². The Bertz CT molecular complexity index is 356. The molecule has 0 spiro atoms. The van der Waals surface area contributed by atoms with E-state index in [0.717, 1.165) is 0 Å². The molecule has 0 saturated carbocycles. The zero-order valence-electron chi connectivity index (χ0n) is 9.02. The monoisotopic (exact) mass is 241 g/mol. The highest BCUT2D eigenvalue weighted by Gasteiger charge is 2.29. The third-order valence-corrected chi connectivity index (χ3v) is 2.21. The maximum Gasteiger partial charge on any atom is 0.256 e. The standard InChI is InChI=1S/C11H15NO5/c13-6-8(14)9(15)10(16)11(17)12-7-4-2-1-3-5-7/h1-5,8-10,13-16H,6H2,(H,12,17)/t8-,9-,10-/m1/s1. The number of aliphatic hydroxyl groups excluding tert-OH is 4. The van der Waals surface area contributed by atoms with Crippen molar-refractivity contribution in [1.82, 2.24) is 0 Å². The minimum atomic E-state index is -1.81. The lowest BCUT2D eigenvalue weighted by atomic mass is 10.1. The van der Waals surface area contributed by atoms with E-state index in [1.807, 2.05) is 0 Å². The molecule has 1 rings (SSSR count). The molecule has 0 radical (unpaired) electrons. The molecule has 0 aliphatic rings. The number of aliphatic hydroxyl groups is 4. The summed E-state index contributed by atoms with van der Waals surface area (Å²) in [5.41, 5.74) is 0.460. The molecule has 1 aromatic rings. The highest BCUT2D eigenvalue weighted by atomic mass is 16.4. The number of anilines is 1. The van der Waals surface area contributed by atoms with Crippen molar-refractivity contribution < 1.29 is 25.2 Å². The molecule has 0 aromatic heterocycles. The maximum atomic E-state index is 11.5. The molecular weight excluding hydrogens is 226 g/mol. The maximum absolute atomic E-state index is 11.5. The molecular formula is C11H15NO5. The molecule has 0 unspecified atom stereocenters. The first kappa shape index (κ1) is 13.6. The second-order valence-electron chi connectivity index (χ2n) is 3.54.